The lowest BCUT2D eigenvalue weighted by molar-refractivity contribution is -0.139. The number of allylic oxidation sites excluding steroid dienone is 1. The molecule has 2 heterocycles. The molecule has 9 heteroatoms. The number of rotatable bonds is 10. The molecule has 0 spiro atoms. The quantitative estimate of drug-likeness (QED) is 0.146. The number of halogens is 1. The van der Waals surface area contributed by atoms with Crippen LogP contribution in [0, 0.1) is 0 Å². The molecule has 0 unspecified atom stereocenters. The number of carbonyl (C=O) groups is 1. The summed E-state index contributed by atoms with van der Waals surface area (Å²) in [5.74, 6) is 0.715. The van der Waals surface area contributed by atoms with Gasteiger partial charge in [0.2, 0.25) is 0 Å². The van der Waals surface area contributed by atoms with Crippen LogP contribution in [-0.2, 0) is 16.1 Å². The summed E-state index contributed by atoms with van der Waals surface area (Å²) in [6.45, 7) is 4.38. The van der Waals surface area contributed by atoms with E-state index in [0.29, 0.717) is 50.7 Å². The molecule has 4 aromatic carbocycles. The molecular weight excluding hydrogens is 664 g/mol. The van der Waals surface area contributed by atoms with Crippen LogP contribution in [0.15, 0.2) is 110 Å². The number of methoxy groups -OCH3 is 1. The molecule has 46 heavy (non-hydrogen) atoms. The Labute approximate surface area is 279 Å². The van der Waals surface area contributed by atoms with Crippen molar-refractivity contribution in [3.8, 4) is 11.5 Å². The van der Waals surface area contributed by atoms with Gasteiger partial charge < -0.3 is 14.2 Å². The zero-order chi connectivity index (χ0) is 32.2. The third-order valence-corrected chi connectivity index (χ3v) is 9.30. The fourth-order valence-electron chi connectivity index (χ4n) is 5.75. The Balaban J connectivity index is 1.59. The molecule has 234 valence electrons. The molecule has 0 radical (unpaired) electrons. The maximum Gasteiger partial charge on any atom is 0.338 e. The van der Waals surface area contributed by atoms with Gasteiger partial charge >= 0.3 is 5.97 Å². The molecule has 0 fully saturated rings. The maximum absolute atomic E-state index is 14.5. The zero-order valence-corrected chi connectivity index (χ0v) is 28.2. The average molecular weight is 698 g/mol. The fraction of sp³-hybridized carbons (Fsp3) is 0.216. The monoisotopic (exact) mass is 696 g/mol. The Hall–Kier alpha value is -4.47. The summed E-state index contributed by atoms with van der Waals surface area (Å²) in [5.41, 5.74) is 3.19. The van der Waals surface area contributed by atoms with Crippen molar-refractivity contribution in [3.05, 3.63) is 137 Å². The van der Waals surface area contributed by atoms with Gasteiger partial charge in [0, 0.05) is 15.6 Å². The van der Waals surface area contributed by atoms with E-state index in [0.717, 1.165) is 32.8 Å². The third kappa shape index (κ3) is 6.17. The van der Waals surface area contributed by atoms with Crippen LogP contribution < -0.4 is 24.4 Å². The van der Waals surface area contributed by atoms with Crippen LogP contribution in [0.2, 0.25) is 0 Å². The lowest BCUT2D eigenvalue weighted by Gasteiger charge is -2.27. The average Bonchev–Trinajstić information content (AvgIpc) is 3.38. The van der Waals surface area contributed by atoms with Gasteiger partial charge in [0.25, 0.3) is 5.56 Å². The predicted octanol–water partition coefficient (Wildman–Crippen LogP) is 7.08. The van der Waals surface area contributed by atoms with E-state index in [4.69, 9.17) is 19.2 Å². The summed E-state index contributed by atoms with van der Waals surface area (Å²) in [6, 6.07) is 26.7. The molecule has 7 nitrogen and oxygen atoms in total. The number of esters is 1. The third-order valence-electron chi connectivity index (χ3n) is 7.82. The van der Waals surface area contributed by atoms with E-state index in [1.807, 2.05) is 97.9 Å². The van der Waals surface area contributed by atoms with Gasteiger partial charge in [-0.25, -0.2) is 9.79 Å². The molecule has 1 aliphatic heterocycles. The number of aromatic nitrogens is 1. The lowest BCUT2D eigenvalue weighted by atomic mass is 9.93. The number of fused-ring (bicyclic) bond motifs is 2. The summed E-state index contributed by atoms with van der Waals surface area (Å²) >= 11 is 4.88. The van der Waals surface area contributed by atoms with Crippen molar-refractivity contribution in [3.63, 3.8) is 0 Å². The standard InChI is InChI=1S/C37H33BrN2O5S/c1-4-11-29-33(36(42)44-5-2)34(28-20-25(38)17-19-30(28)43-3)40-35(41)32(46-37(40)39-29)21-27-26-15-10-9-14-24(26)16-18-31(27)45-22-23-12-7-6-8-13-23/h6-10,12-21,34H,4-5,11,22H2,1-3H3/b32-21+/t34-/m1/s1. The maximum atomic E-state index is 14.5. The van der Waals surface area contributed by atoms with E-state index in [1.54, 1.807) is 18.6 Å². The summed E-state index contributed by atoms with van der Waals surface area (Å²) in [4.78, 5) is 33.6. The Morgan fingerprint density at radius 1 is 1.00 bits per heavy atom. The summed E-state index contributed by atoms with van der Waals surface area (Å²) in [5, 5.41) is 1.99. The van der Waals surface area contributed by atoms with Crippen molar-refractivity contribution in [1.82, 2.24) is 4.57 Å². The minimum absolute atomic E-state index is 0.196. The normalized spacial score (nSPS) is 14.6. The number of hydrogen-bond acceptors (Lipinski definition) is 7. The molecule has 0 saturated carbocycles. The van der Waals surface area contributed by atoms with Crippen molar-refractivity contribution in [2.45, 2.75) is 39.3 Å². The highest BCUT2D eigenvalue weighted by atomic mass is 79.9. The van der Waals surface area contributed by atoms with Crippen LogP contribution in [0.5, 0.6) is 11.5 Å². The van der Waals surface area contributed by atoms with Crippen molar-refractivity contribution in [1.29, 1.82) is 0 Å². The molecule has 1 atom stereocenters. The van der Waals surface area contributed by atoms with Crippen molar-refractivity contribution in [2.75, 3.05) is 13.7 Å². The van der Waals surface area contributed by atoms with E-state index in [-0.39, 0.29) is 12.2 Å². The molecule has 0 saturated heterocycles. The predicted molar refractivity (Wildman–Crippen MR) is 185 cm³/mol. The Morgan fingerprint density at radius 3 is 2.52 bits per heavy atom. The number of nitrogens with zero attached hydrogens (tertiary/aromatic N) is 2. The van der Waals surface area contributed by atoms with Gasteiger partial charge in [-0.05, 0) is 60.0 Å². The van der Waals surface area contributed by atoms with Gasteiger partial charge in [0.1, 0.15) is 24.1 Å². The molecule has 1 aliphatic rings. The lowest BCUT2D eigenvalue weighted by Crippen LogP contribution is -2.40. The van der Waals surface area contributed by atoms with Crippen LogP contribution in [0.3, 0.4) is 0 Å². The van der Waals surface area contributed by atoms with Gasteiger partial charge in [-0.3, -0.25) is 9.36 Å². The van der Waals surface area contributed by atoms with Crippen molar-refractivity contribution < 1.29 is 19.0 Å². The van der Waals surface area contributed by atoms with E-state index in [2.05, 4.69) is 15.9 Å². The van der Waals surface area contributed by atoms with Gasteiger partial charge in [0.15, 0.2) is 4.80 Å². The topological polar surface area (TPSA) is 79.1 Å². The Bertz CT molecular complexity index is 2140. The van der Waals surface area contributed by atoms with Crippen molar-refractivity contribution in [2.24, 2.45) is 4.99 Å². The molecule has 0 bridgehead atoms. The fourth-order valence-corrected chi connectivity index (χ4v) is 7.13. The van der Waals surface area contributed by atoms with Gasteiger partial charge in [-0.2, -0.15) is 0 Å². The van der Waals surface area contributed by atoms with Crippen LogP contribution in [0.4, 0.5) is 0 Å². The van der Waals surface area contributed by atoms with Crippen LogP contribution in [0.25, 0.3) is 16.8 Å². The largest absolute Gasteiger partial charge is 0.496 e. The minimum Gasteiger partial charge on any atom is -0.496 e. The second-order valence-electron chi connectivity index (χ2n) is 10.8. The van der Waals surface area contributed by atoms with E-state index < -0.39 is 12.0 Å². The number of hydrogen-bond donors (Lipinski definition) is 0. The highest BCUT2D eigenvalue weighted by molar-refractivity contribution is 9.10. The van der Waals surface area contributed by atoms with Crippen LogP contribution in [-0.4, -0.2) is 24.3 Å². The molecule has 1 aromatic heterocycles. The molecule has 6 rings (SSSR count). The Kier molecular flexibility index (Phi) is 9.51. The second kappa shape index (κ2) is 13.9. The van der Waals surface area contributed by atoms with Gasteiger partial charge in [0.05, 0.1) is 29.5 Å². The number of thiazole rings is 1. The second-order valence-corrected chi connectivity index (χ2v) is 12.7. The first-order chi connectivity index (χ1) is 22.4. The van der Waals surface area contributed by atoms with Crippen LogP contribution in [0.1, 0.15) is 49.4 Å². The van der Waals surface area contributed by atoms with E-state index in [9.17, 15) is 9.59 Å². The first-order valence-electron chi connectivity index (χ1n) is 15.2. The smallest absolute Gasteiger partial charge is 0.338 e. The highest BCUT2D eigenvalue weighted by Gasteiger charge is 2.36. The summed E-state index contributed by atoms with van der Waals surface area (Å²) in [7, 11) is 1.58. The first-order valence-corrected chi connectivity index (χ1v) is 16.8. The first kappa shape index (κ1) is 31.5. The number of carbonyl (C=O) groups excluding carboxylic acids is 1. The number of ether oxygens (including phenoxy) is 3. The zero-order valence-electron chi connectivity index (χ0n) is 25.8. The molecule has 5 aromatic rings. The summed E-state index contributed by atoms with van der Waals surface area (Å²) < 4.78 is 20.5. The van der Waals surface area contributed by atoms with Gasteiger partial charge in [-0.1, -0.05) is 101 Å². The summed E-state index contributed by atoms with van der Waals surface area (Å²) in [6.07, 6.45) is 3.19. The SMILES string of the molecule is CCCC1=C(C(=O)OCC)[C@@H](c2cc(Br)ccc2OC)n2c(s/c(=C/c3c(OCc4ccccc4)ccc4ccccc34)c2=O)=N1. The molecule has 0 amide bonds. The molecule has 0 aliphatic carbocycles. The number of benzene rings is 4. The van der Waals surface area contributed by atoms with E-state index in [1.165, 1.54) is 11.3 Å². The Morgan fingerprint density at radius 2 is 1.76 bits per heavy atom. The van der Waals surface area contributed by atoms with Crippen LogP contribution >= 0.6 is 27.3 Å². The molecular formula is C37H33BrN2O5S. The highest BCUT2D eigenvalue weighted by Crippen LogP contribution is 2.38. The van der Waals surface area contributed by atoms with Crippen molar-refractivity contribution >= 4 is 50.1 Å². The van der Waals surface area contributed by atoms with Gasteiger partial charge in [-0.15, -0.1) is 0 Å². The minimum atomic E-state index is -0.798. The van der Waals surface area contributed by atoms with E-state index >= 15 is 0 Å². The molecule has 0 N–H and O–H groups in total.